The molecule has 11 nitrogen and oxygen atoms in total. The topological polar surface area (TPSA) is 184 Å². The molecule has 6 N–H and O–H groups in total. The van der Waals surface area contributed by atoms with Crippen LogP contribution in [0.1, 0.15) is 168 Å². The van der Waals surface area contributed by atoms with Gasteiger partial charge in [-0.2, -0.15) is 0 Å². The van der Waals surface area contributed by atoms with Crippen LogP contribution in [-0.2, 0) is 32.7 Å². The number of rotatable bonds is 38. The number of carbonyl (C=O) groups excluding carboxylic acids is 2. The molecule has 0 heterocycles. The molecule has 0 aromatic heterocycles. The van der Waals surface area contributed by atoms with Gasteiger partial charge in [-0.15, -0.1) is 0 Å². The maximum Gasteiger partial charge on any atom is 0.472 e. The van der Waals surface area contributed by atoms with E-state index in [1.807, 2.05) is 0 Å². The van der Waals surface area contributed by atoms with Gasteiger partial charge in [0.25, 0.3) is 0 Å². The predicted molar refractivity (Wildman–Crippen MR) is 219 cm³/mol. The summed E-state index contributed by atoms with van der Waals surface area (Å²) < 4.78 is 31.6. The number of allylic oxidation sites excluding steroid dienone is 8. The molecule has 0 aliphatic heterocycles. The molecule has 12 heteroatoms. The Morgan fingerprint density at radius 1 is 0.500 bits per heavy atom. The third kappa shape index (κ3) is 41.1. The Bertz CT molecular complexity index is 957. The van der Waals surface area contributed by atoms with Crippen molar-refractivity contribution in [3.05, 3.63) is 48.6 Å². The Hall–Kier alpha value is -2.11. The lowest BCUT2D eigenvalue weighted by atomic mass is 10.1. The number of aliphatic hydroxyl groups is 2. The van der Waals surface area contributed by atoms with Crippen molar-refractivity contribution in [2.24, 2.45) is 0 Å². The number of hydrogen-bond acceptors (Lipinski definition) is 10. The largest absolute Gasteiger partial charge is 0.472 e. The highest BCUT2D eigenvalue weighted by Crippen LogP contribution is 2.43. The molecule has 0 spiro atoms. The molecule has 54 heavy (non-hydrogen) atoms. The minimum absolute atomic E-state index is 0. The fraction of sp³-hybridized carbons (Fsp3) is 0.762. The average Bonchev–Trinajstić information content (AvgIpc) is 3.14. The molecule has 0 unspecified atom stereocenters. The summed E-state index contributed by atoms with van der Waals surface area (Å²) in [6, 6.07) is 0. The molecule has 0 aromatic carbocycles. The molecule has 316 valence electrons. The fourth-order valence-electron chi connectivity index (χ4n) is 5.18. The molecule has 0 aliphatic carbocycles. The summed E-state index contributed by atoms with van der Waals surface area (Å²) in [6.45, 7) is 2.45. The Kier molecular flexibility index (Phi) is 40.5. The van der Waals surface area contributed by atoms with E-state index in [4.69, 9.17) is 18.5 Å². The van der Waals surface area contributed by atoms with Gasteiger partial charge < -0.3 is 30.7 Å². The number of phosphoric acid groups is 1. The molecule has 0 rings (SSSR count). The SMILES string of the molecule is CCCCC/C=C\C/C=C\CCCCCCCC(=O)OC[C@@H](O)COP(=O)(O)OC[C@H](O)COC(=O)CCCCCCC/C=C\C/C=C\CCCCC.N. The van der Waals surface area contributed by atoms with Crippen LogP contribution in [-0.4, -0.2) is 65.7 Å². The predicted octanol–water partition coefficient (Wildman–Crippen LogP) is 10.7. The molecule has 0 aromatic rings. The van der Waals surface area contributed by atoms with E-state index in [0.717, 1.165) is 77.0 Å². The summed E-state index contributed by atoms with van der Waals surface area (Å²) in [4.78, 5) is 33.8. The second kappa shape index (κ2) is 40.6. The van der Waals surface area contributed by atoms with Crippen LogP contribution in [0.2, 0.25) is 0 Å². The number of esters is 2. The number of unbranched alkanes of at least 4 members (excludes halogenated alkanes) is 16. The summed E-state index contributed by atoms with van der Waals surface area (Å²) in [6.07, 6.45) is 39.5. The van der Waals surface area contributed by atoms with Crippen molar-refractivity contribution in [2.75, 3.05) is 26.4 Å². The maximum absolute atomic E-state index is 12.1. The lowest BCUT2D eigenvalue weighted by Gasteiger charge is -2.17. The van der Waals surface area contributed by atoms with E-state index < -0.39 is 45.2 Å². The van der Waals surface area contributed by atoms with Gasteiger partial charge in [-0.1, -0.05) is 127 Å². The standard InChI is InChI=1S/C42H75O10P.H3N/c1-3-5-7-9-11-13-15-17-19-21-23-25-27-29-31-33-41(45)49-35-39(43)37-51-53(47,48)52-38-40(44)36-50-42(46)34-32-30-28-26-24-22-20-18-16-14-12-10-8-6-4-2;/h11-14,17-20,39-40,43-44H,3-10,15-16,21-38H2,1-2H3,(H,47,48);1H3/b13-11-,14-12-,19-17-,20-18-;/t39-,40-;/m1./s1. The first-order valence-corrected chi connectivity index (χ1v) is 22.1. The zero-order chi connectivity index (χ0) is 39.1. The van der Waals surface area contributed by atoms with Gasteiger partial charge >= 0.3 is 19.8 Å². The number of aliphatic hydroxyl groups excluding tert-OH is 2. The van der Waals surface area contributed by atoms with Crippen LogP contribution >= 0.6 is 7.82 Å². The Balaban J connectivity index is 0. The van der Waals surface area contributed by atoms with Crippen LogP contribution < -0.4 is 6.15 Å². The van der Waals surface area contributed by atoms with E-state index in [1.165, 1.54) is 51.4 Å². The van der Waals surface area contributed by atoms with E-state index in [-0.39, 0.29) is 32.2 Å². The molecule has 0 fully saturated rings. The number of hydrogen-bond donors (Lipinski definition) is 4. The molecule has 2 atom stereocenters. The second-order valence-electron chi connectivity index (χ2n) is 13.7. The van der Waals surface area contributed by atoms with E-state index in [1.54, 1.807) is 0 Å². The summed E-state index contributed by atoms with van der Waals surface area (Å²) in [5.41, 5.74) is 0. The third-order valence-corrected chi connectivity index (χ3v) is 9.35. The van der Waals surface area contributed by atoms with Crippen LogP contribution in [0.3, 0.4) is 0 Å². The van der Waals surface area contributed by atoms with Gasteiger partial charge in [0.2, 0.25) is 0 Å². The van der Waals surface area contributed by atoms with Gasteiger partial charge in [0.15, 0.2) is 0 Å². The van der Waals surface area contributed by atoms with Crippen molar-refractivity contribution in [2.45, 2.75) is 180 Å². The van der Waals surface area contributed by atoms with Crippen molar-refractivity contribution in [1.82, 2.24) is 6.15 Å². The second-order valence-corrected chi connectivity index (χ2v) is 15.1. The quantitative estimate of drug-likeness (QED) is 0.0202. The summed E-state index contributed by atoms with van der Waals surface area (Å²) in [5, 5.41) is 20.0. The summed E-state index contributed by atoms with van der Waals surface area (Å²) in [5.74, 6) is -0.905. The van der Waals surface area contributed by atoms with E-state index in [0.29, 0.717) is 12.8 Å². The lowest BCUT2D eigenvalue weighted by Crippen LogP contribution is -2.25. The Morgan fingerprint density at radius 2 is 0.815 bits per heavy atom. The molecular formula is C42H78NO10P. The first kappa shape index (κ1) is 54.0. The Morgan fingerprint density at radius 3 is 1.17 bits per heavy atom. The van der Waals surface area contributed by atoms with E-state index in [2.05, 4.69) is 62.5 Å². The third-order valence-electron chi connectivity index (χ3n) is 8.40. The van der Waals surface area contributed by atoms with Crippen molar-refractivity contribution in [3.63, 3.8) is 0 Å². The molecular weight excluding hydrogens is 709 g/mol. The lowest BCUT2D eigenvalue weighted by molar-refractivity contribution is -0.147. The zero-order valence-corrected chi connectivity index (χ0v) is 34.8. The minimum atomic E-state index is -4.60. The van der Waals surface area contributed by atoms with E-state index in [9.17, 15) is 29.3 Å². The summed E-state index contributed by atoms with van der Waals surface area (Å²) >= 11 is 0. The van der Waals surface area contributed by atoms with Gasteiger partial charge in [-0.3, -0.25) is 18.6 Å². The Labute approximate surface area is 328 Å². The van der Waals surface area contributed by atoms with Crippen LogP contribution in [0.5, 0.6) is 0 Å². The van der Waals surface area contributed by atoms with Crippen molar-refractivity contribution < 1.29 is 47.8 Å². The smallest absolute Gasteiger partial charge is 0.463 e. The van der Waals surface area contributed by atoms with Crippen LogP contribution in [0.25, 0.3) is 0 Å². The van der Waals surface area contributed by atoms with Gasteiger partial charge in [0.1, 0.15) is 25.4 Å². The highest BCUT2D eigenvalue weighted by molar-refractivity contribution is 7.47. The van der Waals surface area contributed by atoms with Crippen LogP contribution in [0.15, 0.2) is 48.6 Å². The van der Waals surface area contributed by atoms with Crippen LogP contribution in [0.4, 0.5) is 0 Å². The number of phosphoric ester groups is 1. The van der Waals surface area contributed by atoms with Gasteiger partial charge in [0.05, 0.1) is 13.2 Å². The maximum atomic E-state index is 12.1. The fourth-order valence-corrected chi connectivity index (χ4v) is 5.97. The molecule has 0 saturated heterocycles. The summed E-state index contributed by atoms with van der Waals surface area (Å²) in [7, 11) is -4.60. The average molecular weight is 788 g/mol. The highest BCUT2D eigenvalue weighted by atomic mass is 31.2. The molecule has 0 bridgehead atoms. The molecule has 0 radical (unpaired) electrons. The van der Waals surface area contributed by atoms with Crippen molar-refractivity contribution >= 4 is 19.8 Å². The van der Waals surface area contributed by atoms with Gasteiger partial charge in [-0.05, 0) is 77.0 Å². The molecule has 0 amide bonds. The normalized spacial score (nSPS) is 13.3. The minimum Gasteiger partial charge on any atom is -0.463 e. The number of ether oxygens (including phenoxy) is 2. The van der Waals surface area contributed by atoms with E-state index >= 15 is 0 Å². The molecule has 0 aliphatic rings. The monoisotopic (exact) mass is 788 g/mol. The molecule has 0 saturated carbocycles. The van der Waals surface area contributed by atoms with Crippen molar-refractivity contribution in [1.29, 1.82) is 0 Å². The van der Waals surface area contributed by atoms with Gasteiger partial charge in [0, 0.05) is 12.8 Å². The first-order chi connectivity index (χ1) is 25.7. The highest BCUT2D eigenvalue weighted by Gasteiger charge is 2.25. The number of carbonyl (C=O) groups is 2. The van der Waals surface area contributed by atoms with Crippen LogP contribution in [0, 0.1) is 0 Å². The van der Waals surface area contributed by atoms with Gasteiger partial charge in [-0.25, -0.2) is 4.57 Å². The zero-order valence-electron chi connectivity index (χ0n) is 33.9. The first-order valence-electron chi connectivity index (χ1n) is 20.6. The van der Waals surface area contributed by atoms with Crippen molar-refractivity contribution in [3.8, 4) is 0 Å².